The van der Waals surface area contributed by atoms with Crippen LogP contribution < -0.4 is 10.6 Å². The van der Waals surface area contributed by atoms with Gasteiger partial charge in [0.1, 0.15) is 0 Å². The maximum atomic E-state index is 12.8. The van der Waals surface area contributed by atoms with Crippen LogP contribution in [0.2, 0.25) is 0 Å². The highest BCUT2D eigenvalue weighted by Gasteiger charge is 2.26. The number of benzene rings is 1. The summed E-state index contributed by atoms with van der Waals surface area (Å²) in [7, 11) is 0. The zero-order valence-corrected chi connectivity index (χ0v) is 17.1. The molecule has 1 fully saturated rings. The smallest absolute Gasteiger partial charge is 0.238 e. The molecule has 1 atom stereocenters. The van der Waals surface area contributed by atoms with Gasteiger partial charge in [-0.1, -0.05) is 38.1 Å². The maximum absolute atomic E-state index is 12.8. The Balaban J connectivity index is 0.00000261. The van der Waals surface area contributed by atoms with Crippen LogP contribution in [0.4, 0.5) is 5.69 Å². The van der Waals surface area contributed by atoms with E-state index in [-0.39, 0.29) is 24.4 Å². The van der Waals surface area contributed by atoms with Crippen LogP contribution in [-0.4, -0.2) is 42.0 Å². The highest BCUT2D eigenvalue weighted by atomic mass is 35.5. The molecule has 6 heteroatoms. The lowest BCUT2D eigenvalue weighted by molar-refractivity contribution is -0.118. The Bertz CT molecular complexity index is 751. The average Bonchev–Trinajstić information content (AvgIpc) is 2.64. The van der Waals surface area contributed by atoms with E-state index in [0.717, 1.165) is 36.4 Å². The van der Waals surface area contributed by atoms with Crippen molar-refractivity contribution in [1.29, 1.82) is 0 Å². The summed E-state index contributed by atoms with van der Waals surface area (Å²) >= 11 is 0. The van der Waals surface area contributed by atoms with Crippen molar-refractivity contribution in [2.75, 3.05) is 31.5 Å². The number of anilines is 1. The Labute approximate surface area is 168 Å². The first-order valence-electron chi connectivity index (χ1n) is 9.30. The molecule has 1 aliphatic heterocycles. The van der Waals surface area contributed by atoms with Crippen molar-refractivity contribution in [2.24, 2.45) is 0 Å². The molecule has 1 aromatic heterocycles. The standard InChI is InChI=1S/C21H28N4O.ClH/c1-15(2)18-8-4-6-16(3)21(18)24-20(26)14-25-11-10-23-13-19(25)17-7-5-9-22-12-17;/h4-9,12,15,19,23H,10-11,13-14H2,1-3H3,(H,24,26);1H. The summed E-state index contributed by atoms with van der Waals surface area (Å²) in [6, 6.07) is 10.4. The second-order valence-electron chi connectivity index (χ2n) is 7.22. The van der Waals surface area contributed by atoms with Gasteiger partial charge in [0.05, 0.1) is 6.54 Å². The molecule has 2 aromatic rings. The fraction of sp³-hybridized carbons (Fsp3) is 0.429. The second-order valence-corrected chi connectivity index (χ2v) is 7.22. The maximum Gasteiger partial charge on any atom is 0.238 e. The van der Waals surface area contributed by atoms with Gasteiger partial charge in [-0.3, -0.25) is 14.7 Å². The first-order valence-corrected chi connectivity index (χ1v) is 9.30. The van der Waals surface area contributed by atoms with E-state index in [4.69, 9.17) is 0 Å². The molecule has 0 radical (unpaired) electrons. The van der Waals surface area contributed by atoms with Crippen LogP contribution in [0.5, 0.6) is 0 Å². The van der Waals surface area contributed by atoms with Crippen molar-refractivity contribution in [1.82, 2.24) is 15.2 Å². The molecule has 2 N–H and O–H groups in total. The van der Waals surface area contributed by atoms with E-state index in [9.17, 15) is 4.79 Å². The average molecular weight is 389 g/mol. The van der Waals surface area contributed by atoms with Crippen molar-refractivity contribution < 1.29 is 4.79 Å². The van der Waals surface area contributed by atoms with Gasteiger partial charge < -0.3 is 10.6 Å². The molecule has 1 aromatic carbocycles. The molecule has 1 aliphatic rings. The Hall–Kier alpha value is -1.95. The number of rotatable bonds is 5. The Morgan fingerprint density at radius 3 is 2.85 bits per heavy atom. The number of nitrogens with one attached hydrogen (secondary N) is 2. The van der Waals surface area contributed by atoms with Gasteiger partial charge in [0.25, 0.3) is 0 Å². The number of amides is 1. The summed E-state index contributed by atoms with van der Waals surface area (Å²) in [5.74, 6) is 0.407. The molecule has 27 heavy (non-hydrogen) atoms. The normalized spacial score (nSPS) is 17.4. The second kappa shape index (κ2) is 9.83. The molecule has 1 saturated heterocycles. The van der Waals surface area contributed by atoms with Crippen molar-refractivity contribution in [3.63, 3.8) is 0 Å². The van der Waals surface area contributed by atoms with Gasteiger partial charge in [0.15, 0.2) is 0 Å². The van der Waals surface area contributed by atoms with E-state index in [0.29, 0.717) is 12.5 Å². The molecular formula is C21H29ClN4O. The number of pyridine rings is 1. The van der Waals surface area contributed by atoms with Crippen LogP contribution in [0.1, 0.15) is 42.5 Å². The first kappa shape index (κ1) is 21.4. The summed E-state index contributed by atoms with van der Waals surface area (Å²) in [6.07, 6.45) is 3.67. The quantitative estimate of drug-likeness (QED) is 0.822. The number of nitrogens with zero attached hydrogens (tertiary/aromatic N) is 2. The van der Waals surface area contributed by atoms with E-state index >= 15 is 0 Å². The van der Waals surface area contributed by atoms with Gasteiger partial charge in [0.2, 0.25) is 5.91 Å². The summed E-state index contributed by atoms with van der Waals surface area (Å²) < 4.78 is 0. The SMILES string of the molecule is Cc1cccc(C(C)C)c1NC(=O)CN1CCNCC1c1cccnc1.Cl. The number of aryl methyl sites for hydroxylation is 1. The lowest BCUT2D eigenvalue weighted by atomic mass is 9.98. The Kier molecular flexibility index (Phi) is 7.78. The minimum absolute atomic E-state index is 0. The molecule has 3 rings (SSSR count). The predicted molar refractivity (Wildman–Crippen MR) is 113 cm³/mol. The van der Waals surface area contributed by atoms with Crippen molar-refractivity contribution in [3.8, 4) is 0 Å². The third-order valence-corrected chi connectivity index (χ3v) is 4.96. The minimum atomic E-state index is 0. The van der Waals surface area contributed by atoms with E-state index in [1.807, 2.05) is 25.3 Å². The number of hydrogen-bond donors (Lipinski definition) is 2. The van der Waals surface area contributed by atoms with E-state index in [2.05, 4.69) is 52.6 Å². The van der Waals surface area contributed by atoms with E-state index in [1.165, 1.54) is 5.56 Å². The molecule has 2 heterocycles. The highest BCUT2D eigenvalue weighted by Crippen LogP contribution is 2.28. The van der Waals surface area contributed by atoms with Gasteiger partial charge in [-0.15, -0.1) is 12.4 Å². The fourth-order valence-electron chi connectivity index (χ4n) is 3.54. The third-order valence-electron chi connectivity index (χ3n) is 4.96. The summed E-state index contributed by atoms with van der Waals surface area (Å²) in [4.78, 5) is 19.3. The highest BCUT2D eigenvalue weighted by molar-refractivity contribution is 5.94. The number of para-hydroxylation sites is 1. The predicted octanol–water partition coefficient (Wildman–Crippen LogP) is 3.52. The van der Waals surface area contributed by atoms with Gasteiger partial charge >= 0.3 is 0 Å². The van der Waals surface area contributed by atoms with Crippen LogP contribution in [0.25, 0.3) is 0 Å². The zero-order valence-electron chi connectivity index (χ0n) is 16.2. The number of carbonyl (C=O) groups is 1. The van der Waals surface area contributed by atoms with Gasteiger partial charge in [-0.05, 0) is 35.6 Å². The molecule has 0 aliphatic carbocycles. The van der Waals surface area contributed by atoms with Gasteiger partial charge in [0, 0.05) is 43.8 Å². The molecule has 1 amide bonds. The first-order chi connectivity index (χ1) is 12.6. The number of piperazine rings is 1. The molecular weight excluding hydrogens is 360 g/mol. The van der Waals surface area contributed by atoms with Crippen LogP contribution in [0.15, 0.2) is 42.7 Å². The van der Waals surface area contributed by atoms with E-state index < -0.39 is 0 Å². The van der Waals surface area contributed by atoms with Crippen molar-refractivity contribution >= 4 is 24.0 Å². The van der Waals surface area contributed by atoms with Crippen molar-refractivity contribution in [3.05, 3.63) is 59.4 Å². The van der Waals surface area contributed by atoms with Crippen LogP contribution in [0.3, 0.4) is 0 Å². The lowest BCUT2D eigenvalue weighted by Crippen LogP contribution is -2.48. The molecule has 5 nitrogen and oxygen atoms in total. The molecule has 0 spiro atoms. The third kappa shape index (κ3) is 5.28. The topological polar surface area (TPSA) is 57.3 Å². The Morgan fingerprint density at radius 1 is 1.33 bits per heavy atom. The summed E-state index contributed by atoms with van der Waals surface area (Å²) in [5, 5.41) is 6.58. The Morgan fingerprint density at radius 2 is 2.15 bits per heavy atom. The number of aromatic nitrogens is 1. The van der Waals surface area contributed by atoms with Crippen LogP contribution >= 0.6 is 12.4 Å². The minimum Gasteiger partial charge on any atom is -0.324 e. The monoisotopic (exact) mass is 388 g/mol. The number of hydrogen-bond acceptors (Lipinski definition) is 4. The summed E-state index contributed by atoms with van der Waals surface area (Å²) in [5.41, 5.74) is 4.39. The van der Waals surface area contributed by atoms with Crippen molar-refractivity contribution in [2.45, 2.75) is 32.7 Å². The molecule has 0 saturated carbocycles. The van der Waals surface area contributed by atoms with Crippen LogP contribution in [0, 0.1) is 6.92 Å². The fourth-order valence-corrected chi connectivity index (χ4v) is 3.54. The van der Waals surface area contributed by atoms with Gasteiger partial charge in [-0.2, -0.15) is 0 Å². The number of halogens is 1. The van der Waals surface area contributed by atoms with Gasteiger partial charge in [-0.25, -0.2) is 0 Å². The van der Waals surface area contributed by atoms with E-state index in [1.54, 1.807) is 6.20 Å². The largest absolute Gasteiger partial charge is 0.324 e. The zero-order chi connectivity index (χ0) is 18.5. The number of carbonyl (C=O) groups excluding carboxylic acids is 1. The summed E-state index contributed by atoms with van der Waals surface area (Å²) in [6.45, 7) is 9.31. The molecule has 0 bridgehead atoms. The molecule has 146 valence electrons. The molecule has 1 unspecified atom stereocenters. The lowest BCUT2D eigenvalue weighted by Gasteiger charge is -2.35. The van der Waals surface area contributed by atoms with Crippen LogP contribution in [-0.2, 0) is 4.79 Å².